The molecule has 48 heavy (non-hydrogen) atoms. The van der Waals surface area contributed by atoms with E-state index >= 15 is 0 Å². The minimum absolute atomic E-state index is 0.0107. The van der Waals surface area contributed by atoms with Crippen molar-refractivity contribution >= 4 is 68.6 Å². The van der Waals surface area contributed by atoms with Crippen LogP contribution < -0.4 is 11.5 Å². The van der Waals surface area contributed by atoms with E-state index in [0.717, 1.165) is 27.6 Å². The number of hydrogen-bond donors (Lipinski definition) is 7. The summed E-state index contributed by atoms with van der Waals surface area (Å²) < 4.78 is 0. The number of aromatic nitrogens is 3. The molecule has 3 heterocycles. The number of nitrogens with two attached hydrogens (primary N) is 2. The fraction of sp³-hybridized carbons (Fsp3) is 0.111. The number of fused-ring (bicyclic) bond motifs is 3. The van der Waals surface area contributed by atoms with Crippen LogP contribution in [0.25, 0.3) is 50.9 Å². The lowest BCUT2D eigenvalue weighted by molar-refractivity contribution is -0.383. The van der Waals surface area contributed by atoms with Crippen molar-refractivity contribution < 1.29 is 24.7 Å². The maximum atomic E-state index is 11.3. The van der Waals surface area contributed by atoms with Crippen LogP contribution in [0.3, 0.4) is 0 Å². The second-order valence-electron chi connectivity index (χ2n) is 10.9. The predicted molar refractivity (Wildman–Crippen MR) is 190 cm³/mol. The quantitative estimate of drug-likeness (QED) is 0.0663. The van der Waals surface area contributed by atoms with E-state index in [4.69, 9.17) is 21.7 Å². The van der Waals surface area contributed by atoms with E-state index in [9.17, 15) is 19.7 Å². The predicted octanol–water partition coefficient (Wildman–Crippen LogP) is 6.25. The zero-order valence-corrected chi connectivity index (χ0v) is 26.0. The lowest BCUT2D eigenvalue weighted by Gasteiger charge is -2.06. The van der Waals surface area contributed by atoms with Gasteiger partial charge >= 0.3 is 11.9 Å². The number of H-pyrrole nitrogens is 3. The zero-order valence-electron chi connectivity index (χ0n) is 26.0. The SMILES string of the molecule is C=Cc1ccc2[nH]cc(CC(N)C(=O)O)c2c1.C=Cc1ccc2[nH]cc(CC(N)C(=O)O)c2c1[N+](=O)[O-].C=Cc1ccc2[nH]ccc2c1. The van der Waals surface area contributed by atoms with Gasteiger partial charge < -0.3 is 36.6 Å². The molecule has 246 valence electrons. The first-order valence-electron chi connectivity index (χ1n) is 14.8. The number of rotatable bonds is 10. The third-order valence-electron chi connectivity index (χ3n) is 7.69. The Morgan fingerprint density at radius 2 is 1.33 bits per heavy atom. The number of hydrogen-bond acceptors (Lipinski definition) is 6. The van der Waals surface area contributed by atoms with Crippen LogP contribution in [0.1, 0.15) is 27.8 Å². The molecule has 12 nitrogen and oxygen atoms in total. The lowest BCUT2D eigenvalue weighted by Crippen LogP contribution is -2.32. The highest BCUT2D eigenvalue weighted by molar-refractivity contribution is 5.96. The van der Waals surface area contributed by atoms with Gasteiger partial charge in [0.25, 0.3) is 5.69 Å². The van der Waals surface area contributed by atoms with Crippen molar-refractivity contribution in [2.24, 2.45) is 11.5 Å². The topological polar surface area (TPSA) is 217 Å². The van der Waals surface area contributed by atoms with E-state index in [1.807, 2.05) is 36.5 Å². The second kappa shape index (κ2) is 15.4. The van der Waals surface area contributed by atoms with E-state index in [2.05, 4.69) is 52.9 Å². The normalized spacial score (nSPS) is 11.9. The molecule has 0 aliphatic heterocycles. The van der Waals surface area contributed by atoms with Crippen molar-refractivity contribution in [3.05, 3.63) is 131 Å². The molecular formula is C36H36N6O6. The summed E-state index contributed by atoms with van der Waals surface area (Å²) in [5.41, 5.74) is 17.6. The Bertz CT molecular complexity index is 2140. The van der Waals surface area contributed by atoms with E-state index in [1.165, 1.54) is 17.0 Å². The van der Waals surface area contributed by atoms with Crippen LogP contribution in [0.5, 0.6) is 0 Å². The molecule has 0 aliphatic carbocycles. The molecule has 2 unspecified atom stereocenters. The first-order valence-corrected chi connectivity index (χ1v) is 14.8. The maximum absolute atomic E-state index is 11.3. The van der Waals surface area contributed by atoms with E-state index < -0.39 is 28.9 Å². The first kappa shape index (κ1) is 34.6. The van der Waals surface area contributed by atoms with Gasteiger partial charge in [-0.2, -0.15) is 0 Å². The fourth-order valence-electron chi connectivity index (χ4n) is 5.15. The molecule has 0 amide bonds. The third-order valence-corrected chi connectivity index (χ3v) is 7.69. The van der Waals surface area contributed by atoms with Gasteiger partial charge in [-0.05, 0) is 70.1 Å². The monoisotopic (exact) mass is 648 g/mol. The summed E-state index contributed by atoms with van der Waals surface area (Å²) in [7, 11) is 0. The van der Waals surface area contributed by atoms with Gasteiger partial charge in [0, 0.05) is 47.9 Å². The molecule has 6 rings (SSSR count). The van der Waals surface area contributed by atoms with Gasteiger partial charge in [-0.25, -0.2) is 0 Å². The largest absolute Gasteiger partial charge is 0.480 e. The van der Waals surface area contributed by atoms with Gasteiger partial charge in [-0.3, -0.25) is 19.7 Å². The first-order chi connectivity index (χ1) is 23.0. The number of nitrogens with one attached hydrogen (secondary N) is 3. The molecule has 9 N–H and O–H groups in total. The summed E-state index contributed by atoms with van der Waals surface area (Å²) >= 11 is 0. The Balaban J connectivity index is 0.000000169. The van der Waals surface area contributed by atoms with E-state index in [1.54, 1.807) is 30.6 Å². The molecule has 3 aromatic carbocycles. The van der Waals surface area contributed by atoms with Gasteiger partial charge in [0.1, 0.15) is 12.1 Å². The minimum atomic E-state index is -1.15. The van der Waals surface area contributed by atoms with Gasteiger partial charge in [0.15, 0.2) is 0 Å². The van der Waals surface area contributed by atoms with Gasteiger partial charge in [0.05, 0.1) is 21.4 Å². The molecule has 12 heteroatoms. The average Bonchev–Trinajstić information content (AvgIpc) is 3.82. The van der Waals surface area contributed by atoms with E-state index in [-0.39, 0.29) is 12.1 Å². The lowest BCUT2D eigenvalue weighted by atomic mass is 10.0. The number of carboxylic acid groups (broad SMARTS) is 2. The molecule has 0 saturated heterocycles. The molecule has 0 bridgehead atoms. The average molecular weight is 649 g/mol. The molecule has 0 fully saturated rings. The Morgan fingerprint density at radius 1 is 0.771 bits per heavy atom. The van der Waals surface area contributed by atoms with Gasteiger partial charge in [-0.15, -0.1) is 0 Å². The van der Waals surface area contributed by atoms with Crippen molar-refractivity contribution in [1.82, 2.24) is 15.0 Å². The fourth-order valence-corrected chi connectivity index (χ4v) is 5.15. The maximum Gasteiger partial charge on any atom is 0.320 e. The van der Waals surface area contributed by atoms with Crippen LogP contribution in [0.15, 0.2) is 92.9 Å². The molecule has 6 aromatic rings. The number of aliphatic carboxylic acids is 2. The highest BCUT2D eigenvalue weighted by Gasteiger charge is 2.23. The minimum Gasteiger partial charge on any atom is -0.480 e. The number of carboxylic acids is 2. The number of aromatic amines is 3. The highest BCUT2D eigenvalue weighted by Crippen LogP contribution is 2.33. The third kappa shape index (κ3) is 7.94. The highest BCUT2D eigenvalue weighted by atomic mass is 16.6. The van der Waals surface area contributed by atoms with Crippen molar-refractivity contribution in [3.63, 3.8) is 0 Å². The number of nitro groups is 1. The molecule has 0 radical (unpaired) electrons. The summed E-state index contributed by atoms with van der Waals surface area (Å²) in [6.07, 6.45) is 10.6. The van der Waals surface area contributed by atoms with Crippen LogP contribution in [0.4, 0.5) is 5.69 Å². The summed E-state index contributed by atoms with van der Waals surface area (Å²) in [6, 6.07) is 15.4. The zero-order chi connectivity index (χ0) is 35.0. The second-order valence-corrected chi connectivity index (χ2v) is 10.9. The van der Waals surface area contributed by atoms with Crippen molar-refractivity contribution in [2.45, 2.75) is 24.9 Å². The van der Waals surface area contributed by atoms with Crippen LogP contribution in [0, 0.1) is 10.1 Å². The van der Waals surface area contributed by atoms with Gasteiger partial charge in [-0.1, -0.05) is 50.1 Å². The van der Waals surface area contributed by atoms with Crippen LogP contribution >= 0.6 is 0 Å². The van der Waals surface area contributed by atoms with Crippen molar-refractivity contribution in [3.8, 4) is 0 Å². The molecule has 2 atom stereocenters. The Labute approximate surface area is 275 Å². The Morgan fingerprint density at radius 3 is 1.94 bits per heavy atom. The van der Waals surface area contributed by atoms with E-state index in [0.29, 0.717) is 28.5 Å². The Kier molecular flexibility index (Phi) is 11.1. The standard InChI is InChI=1S/C13H13N3O4.C13H14N2O2.C10H9N/c1-2-7-3-4-10-11(12(7)16(19)20)8(6-15-10)5-9(14)13(17)18;1-2-8-3-4-12-10(5-8)9(7-15-12)6-11(14)13(16)17;1-2-8-3-4-10-9(7-8)5-6-11-10/h2-4,6,9,15H,1,5,14H2,(H,17,18);2-5,7,11,15H,1,6,14H2,(H,16,17);2-7,11H,1H2. The summed E-state index contributed by atoms with van der Waals surface area (Å²) in [6.45, 7) is 11.0. The Hall–Kier alpha value is -6.24. The summed E-state index contributed by atoms with van der Waals surface area (Å²) in [5.74, 6) is -2.14. The molecule has 0 saturated carbocycles. The van der Waals surface area contributed by atoms with Crippen molar-refractivity contribution in [2.75, 3.05) is 0 Å². The number of benzene rings is 3. The summed E-state index contributed by atoms with van der Waals surface area (Å²) in [5, 5.41) is 31.5. The number of nitrogens with zero attached hydrogens (tertiary/aromatic N) is 1. The molecule has 0 aliphatic rings. The number of nitro benzene ring substituents is 1. The van der Waals surface area contributed by atoms with Crippen LogP contribution in [-0.2, 0) is 22.4 Å². The number of carbonyl (C=O) groups is 2. The van der Waals surface area contributed by atoms with Crippen LogP contribution in [-0.4, -0.2) is 54.1 Å². The smallest absolute Gasteiger partial charge is 0.320 e. The molecular weight excluding hydrogens is 612 g/mol. The van der Waals surface area contributed by atoms with Gasteiger partial charge in [0.2, 0.25) is 0 Å². The molecule has 0 spiro atoms. The van der Waals surface area contributed by atoms with Crippen molar-refractivity contribution in [1.29, 1.82) is 0 Å². The summed E-state index contributed by atoms with van der Waals surface area (Å²) in [4.78, 5) is 41.4. The molecule has 3 aromatic heterocycles. The van der Waals surface area contributed by atoms with Crippen LogP contribution in [0.2, 0.25) is 0 Å².